The highest BCUT2D eigenvalue weighted by molar-refractivity contribution is 5.89. The van der Waals surface area contributed by atoms with E-state index in [9.17, 15) is 30.0 Å². The van der Waals surface area contributed by atoms with Gasteiger partial charge >= 0.3 is 11.9 Å². The van der Waals surface area contributed by atoms with Gasteiger partial charge in [-0.1, -0.05) is 27.7 Å². The van der Waals surface area contributed by atoms with Crippen LogP contribution in [0, 0.1) is 23.7 Å². The van der Waals surface area contributed by atoms with Gasteiger partial charge in [-0.3, -0.25) is 4.79 Å². The number of hydrogen-bond donors (Lipinski definition) is 4. The predicted octanol–water partition coefficient (Wildman–Crippen LogP) is 1.96. The second kappa shape index (κ2) is 13.4. The van der Waals surface area contributed by atoms with Gasteiger partial charge in [0.05, 0.1) is 35.9 Å². The summed E-state index contributed by atoms with van der Waals surface area (Å²) in [6.45, 7) is 12.5. The third kappa shape index (κ3) is 7.14. The van der Waals surface area contributed by atoms with E-state index in [0.29, 0.717) is 19.3 Å². The number of esters is 1. The summed E-state index contributed by atoms with van der Waals surface area (Å²) in [7, 11) is 3.77. The normalized spacial score (nSPS) is 46.5. The molecule has 41 heavy (non-hydrogen) atoms. The van der Waals surface area contributed by atoms with Crippen LogP contribution >= 0.6 is 0 Å². The van der Waals surface area contributed by atoms with Gasteiger partial charge in [-0.25, -0.2) is 4.79 Å². The van der Waals surface area contributed by atoms with Crippen LogP contribution in [-0.2, 0) is 28.5 Å². The Morgan fingerprint density at radius 1 is 1.05 bits per heavy atom. The van der Waals surface area contributed by atoms with Crippen LogP contribution in [0.3, 0.4) is 0 Å². The SMILES string of the molecule is CCC1OC(=O)C(C)C(O)C(C)[C@@H](OC2OC(C)CC(N(C)C)[C@H]2O)C(C)C[C@@H](C)[C@@H](O)C2OC1(C)C=C2C(=O)O. The van der Waals surface area contributed by atoms with Gasteiger partial charge in [-0.05, 0) is 72.0 Å². The second-order valence-electron chi connectivity index (χ2n) is 13.0. The lowest BCUT2D eigenvalue weighted by Crippen LogP contribution is -2.56. The maximum atomic E-state index is 13.3. The second-order valence-corrected chi connectivity index (χ2v) is 13.0. The highest BCUT2D eigenvalue weighted by Gasteiger charge is 2.50. The average molecular weight is 586 g/mol. The van der Waals surface area contributed by atoms with Crippen molar-refractivity contribution in [2.24, 2.45) is 23.7 Å². The van der Waals surface area contributed by atoms with Crippen molar-refractivity contribution in [3.63, 3.8) is 0 Å². The molecule has 14 atom stereocenters. The molecule has 3 heterocycles. The summed E-state index contributed by atoms with van der Waals surface area (Å²) in [5.41, 5.74) is -1.35. The molecule has 11 nitrogen and oxygen atoms in total. The zero-order valence-electron chi connectivity index (χ0n) is 25.9. The van der Waals surface area contributed by atoms with Gasteiger partial charge in [0.25, 0.3) is 0 Å². The maximum absolute atomic E-state index is 13.3. The fraction of sp³-hybridized carbons (Fsp3) is 0.867. The molecular weight excluding hydrogens is 534 g/mol. The number of rotatable bonds is 5. The lowest BCUT2D eigenvalue weighted by Gasteiger charge is -2.45. The van der Waals surface area contributed by atoms with E-state index in [1.807, 2.05) is 39.8 Å². The Bertz CT molecular complexity index is 958. The number of aliphatic carboxylic acids is 1. The number of aliphatic hydroxyl groups excluding tert-OH is 3. The number of cyclic esters (lactones) is 1. The van der Waals surface area contributed by atoms with Crippen molar-refractivity contribution in [1.29, 1.82) is 0 Å². The molecule has 10 unspecified atom stereocenters. The molecular formula is C30H51NO10. The number of fused-ring (bicyclic) bond motifs is 2. The summed E-state index contributed by atoms with van der Waals surface area (Å²) in [4.78, 5) is 27.4. The Labute approximate surface area is 243 Å². The molecule has 0 spiro atoms. The number of ether oxygens (including phenoxy) is 4. The number of carbonyl (C=O) groups excluding carboxylic acids is 1. The number of likely N-dealkylation sites (N-methyl/N-ethyl adjacent to an activating group) is 1. The standard InChI is InChI=1S/C30H51NO10/c1-10-21-30(7)13-19(27(35)36)26(41-30)22(32)14(2)11-15(3)25(17(5)23(33)18(6)28(37)39-21)40-29-24(34)20(31(8)9)12-16(4)38-29/h13-18,20-26,29,32-34H,10-12H2,1-9H3,(H,35,36)/t14-,15?,16?,17?,18?,20?,21?,22-,23?,24-,25+,26?,29?,30?/m1/s1. The van der Waals surface area contributed by atoms with Gasteiger partial charge in [0, 0.05) is 12.0 Å². The van der Waals surface area contributed by atoms with Crippen LogP contribution in [-0.4, -0.2) is 112 Å². The van der Waals surface area contributed by atoms with Gasteiger partial charge < -0.3 is 44.3 Å². The number of aliphatic hydroxyl groups is 3. The summed E-state index contributed by atoms with van der Waals surface area (Å²) >= 11 is 0. The van der Waals surface area contributed by atoms with Crippen molar-refractivity contribution in [2.45, 2.75) is 128 Å². The summed E-state index contributed by atoms with van der Waals surface area (Å²) in [6.07, 6.45) is -4.32. The molecule has 0 aliphatic carbocycles. The smallest absolute Gasteiger partial charge is 0.334 e. The van der Waals surface area contributed by atoms with E-state index < -0.39 is 78.2 Å². The average Bonchev–Trinajstić information content (AvgIpc) is 3.27. The van der Waals surface area contributed by atoms with E-state index in [-0.39, 0.29) is 23.6 Å². The van der Waals surface area contributed by atoms with Crippen molar-refractivity contribution >= 4 is 11.9 Å². The molecule has 0 amide bonds. The van der Waals surface area contributed by atoms with Gasteiger partial charge in [0.2, 0.25) is 0 Å². The Morgan fingerprint density at radius 2 is 1.68 bits per heavy atom. The summed E-state index contributed by atoms with van der Waals surface area (Å²) in [5.74, 6) is -4.10. The maximum Gasteiger partial charge on any atom is 0.334 e. The topological polar surface area (TPSA) is 155 Å². The molecule has 3 rings (SSSR count). The highest BCUT2D eigenvalue weighted by atomic mass is 16.7. The van der Waals surface area contributed by atoms with Crippen LogP contribution in [0.5, 0.6) is 0 Å². The molecule has 2 bridgehead atoms. The van der Waals surface area contributed by atoms with Crippen molar-refractivity contribution in [1.82, 2.24) is 4.90 Å². The van der Waals surface area contributed by atoms with Gasteiger partial charge in [0.1, 0.15) is 23.9 Å². The van der Waals surface area contributed by atoms with E-state index in [0.717, 1.165) is 0 Å². The third-order valence-corrected chi connectivity index (χ3v) is 9.35. The van der Waals surface area contributed by atoms with Crippen molar-refractivity contribution in [3.05, 3.63) is 11.6 Å². The first kappa shape index (κ1) is 33.9. The Kier molecular flexibility index (Phi) is 11.0. The van der Waals surface area contributed by atoms with Crippen molar-refractivity contribution < 1.29 is 49.0 Å². The lowest BCUT2D eigenvalue weighted by atomic mass is 9.79. The van der Waals surface area contributed by atoms with Crippen LogP contribution < -0.4 is 0 Å². The first-order valence-electron chi connectivity index (χ1n) is 14.9. The van der Waals surface area contributed by atoms with Gasteiger partial charge in [-0.2, -0.15) is 0 Å². The lowest BCUT2D eigenvalue weighted by molar-refractivity contribution is -0.283. The van der Waals surface area contributed by atoms with E-state index in [2.05, 4.69) is 0 Å². The number of hydrogen-bond acceptors (Lipinski definition) is 10. The fourth-order valence-electron chi connectivity index (χ4n) is 6.75. The van der Waals surface area contributed by atoms with Crippen LogP contribution in [0.25, 0.3) is 0 Å². The Hall–Kier alpha value is -1.60. The quantitative estimate of drug-likeness (QED) is 0.350. The molecule has 2 saturated heterocycles. The van der Waals surface area contributed by atoms with Crippen LogP contribution in [0.15, 0.2) is 11.6 Å². The molecule has 0 radical (unpaired) electrons. The van der Waals surface area contributed by atoms with Crippen LogP contribution in [0.2, 0.25) is 0 Å². The molecule has 0 aromatic rings. The molecule has 0 saturated carbocycles. The Morgan fingerprint density at radius 3 is 2.24 bits per heavy atom. The van der Waals surface area contributed by atoms with Crippen LogP contribution in [0.4, 0.5) is 0 Å². The first-order valence-corrected chi connectivity index (χ1v) is 14.9. The zero-order chi connectivity index (χ0) is 31.0. The predicted molar refractivity (Wildman–Crippen MR) is 150 cm³/mol. The minimum atomic E-state index is -1.27. The van der Waals surface area contributed by atoms with Crippen molar-refractivity contribution in [2.75, 3.05) is 14.1 Å². The van der Waals surface area contributed by atoms with Crippen LogP contribution in [0.1, 0.15) is 67.7 Å². The Balaban J connectivity index is 2.00. The highest BCUT2D eigenvalue weighted by Crippen LogP contribution is 2.40. The molecule has 0 aromatic carbocycles. The first-order chi connectivity index (χ1) is 19.0. The van der Waals surface area contributed by atoms with Crippen molar-refractivity contribution in [3.8, 4) is 0 Å². The minimum absolute atomic E-state index is 0.0828. The molecule has 236 valence electrons. The third-order valence-electron chi connectivity index (χ3n) is 9.35. The van der Waals surface area contributed by atoms with Gasteiger partial charge in [0.15, 0.2) is 6.29 Å². The molecule has 3 aliphatic heterocycles. The molecule has 3 aliphatic rings. The van der Waals surface area contributed by atoms with E-state index >= 15 is 0 Å². The molecule has 2 fully saturated rings. The number of nitrogens with zero attached hydrogens (tertiary/aromatic N) is 1. The monoisotopic (exact) mass is 585 g/mol. The van der Waals surface area contributed by atoms with Gasteiger partial charge in [-0.15, -0.1) is 0 Å². The fourth-order valence-corrected chi connectivity index (χ4v) is 6.75. The minimum Gasteiger partial charge on any atom is -0.478 e. The summed E-state index contributed by atoms with van der Waals surface area (Å²) in [6, 6.07) is -0.200. The molecule has 0 aromatic heterocycles. The summed E-state index contributed by atoms with van der Waals surface area (Å²) in [5, 5.41) is 43.9. The zero-order valence-corrected chi connectivity index (χ0v) is 25.9. The number of carboxylic acid groups (broad SMARTS) is 1. The van der Waals surface area contributed by atoms with E-state index in [1.165, 1.54) is 6.08 Å². The number of carboxylic acids is 1. The summed E-state index contributed by atoms with van der Waals surface area (Å²) < 4.78 is 24.5. The van der Waals surface area contributed by atoms with E-state index in [1.54, 1.807) is 27.7 Å². The number of carbonyl (C=O) groups is 2. The van der Waals surface area contributed by atoms with E-state index in [4.69, 9.17) is 18.9 Å². The molecule has 11 heteroatoms. The molecule has 4 N–H and O–H groups in total. The largest absolute Gasteiger partial charge is 0.478 e.